The van der Waals surface area contributed by atoms with Gasteiger partial charge in [-0.05, 0) is 119 Å². The minimum atomic E-state index is 1.12. The van der Waals surface area contributed by atoms with Gasteiger partial charge in [-0.25, -0.2) is 0 Å². The van der Waals surface area contributed by atoms with E-state index in [1.54, 1.807) is 0 Å². The smallest absolute Gasteiger partial charge is 0.0541 e. The van der Waals surface area contributed by atoms with Crippen molar-refractivity contribution in [2.75, 3.05) is 4.90 Å². The third-order valence-electron chi connectivity index (χ3n) is 10.5. The van der Waals surface area contributed by atoms with E-state index >= 15 is 0 Å². The zero-order valence-corrected chi connectivity index (χ0v) is 29.4. The molecule has 1 aromatic heterocycles. The number of fused-ring (bicyclic) bond motifs is 3. The maximum absolute atomic E-state index is 2.37. The Kier molecular flexibility index (Phi) is 7.98. The molecule has 2 heteroatoms. The van der Waals surface area contributed by atoms with Crippen LogP contribution in [0.2, 0.25) is 0 Å². The van der Waals surface area contributed by atoms with E-state index in [1.807, 2.05) is 0 Å². The van der Waals surface area contributed by atoms with Crippen LogP contribution in [0.25, 0.3) is 60.9 Å². The Morgan fingerprint density at radius 1 is 0.327 bits per heavy atom. The summed E-state index contributed by atoms with van der Waals surface area (Å²) in [4.78, 5) is 2.32. The van der Waals surface area contributed by atoms with Crippen molar-refractivity contribution in [2.45, 2.75) is 13.8 Å². The lowest BCUT2D eigenvalue weighted by Crippen LogP contribution is -2.09. The van der Waals surface area contributed by atoms with Crippen molar-refractivity contribution in [1.82, 2.24) is 4.57 Å². The first-order valence-corrected chi connectivity index (χ1v) is 17.9. The molecular weight excluding hydrogens is 629 g/mol. The van der Waals surface area contributed by atoms with Crippen LogP contribution in [-0.4, -0.2) is 4.57 Å². The molecule has 0 saturated carbocycles. The SMILES string of the molecule is Cc1c(-c2ccc(N(c3ccccc3)c3ccc(-c4ccccc4)cc3)cc2)ccc(-c2ccc(-n3c4ccccc4c4ccccc43)cc2)c1C. The maximum Gasteiger partial charge on any atom is 0.0541 e. The number of rotatable bonds is 7. The topological polar surface area (TPSA) is 8.17 Å². The van der Waals surface area contributed by atoms with Crippen molar-refractivity contribution in [3.8, 4) is 39.1 Å². The lowest BCUT2D eigenvalue weighted by molar-refractivity contribution is 1.18. The van der Waals surface area contributed by atoms with Crippen LogP contribution in [0.3, 0.4) is 0 Å². The summed E-state index contributed by atoms with van der Waals surface area (Å²) in [5, 5.41) is 2.56. The molecule has 0 bridgehead atoms. The predicted molar refractivity (Wildman–Crippen MR) is 221 cm³/mol. The van der Waals surface area contributed by atoms with Crippen LogP contribution in [0.4, 0.5) is 17.1 Å². The molecule has 0 atom stereocenters. The highest BCUT2D eigenvalue weighted by Crippen LogP contribution is 2.39. The van der Waals surface area contributed by atoms with Crippen LogP contribution < -0.4 is 4.90 Å². The first-order chi connectivity index (χ1) is 25.6. The van der Waals surface area contributed by atoms with Gasteiger partial charge in [0.2, 0.25) is 0 Å². The monoisotopic (exact) mass is 666 g/mol. The van der Waals surface area contributed by atoms with Crippen LogP contribution in [0, 0.1) is 13.8 Å². The van der Waals surface area contributed by atoms with Crippen molar-refractivity contribution >= 4 is 38.9 Å². The quantitative estimate of drug-likeness (QED) is 0.164. The van der Waals surface area contributed by atoms with Crippen LogP contribution in [0.5, 0.6) is 0 Å². The molecule has 0 saturated heterocycles. The Bertz CT molecular complexity index is 2600. The number of aromatic nitrogens is 1. The summed E-state index contributed by atoms with van der Waals surface area (Å²) in [5.74, 6) is 0. The number of hydrogen-bond donors (Lipinski definition) is 0. The van der Waals surface area contributed by atoms with Gasteiger partial charge in [0.25, 0.3) is 0 Å². The molecule has 1 heterocycles. The van der Waals surface area contributed by atoms with Crippen molar-refractivity contribution in [1.29, 1.82) is 0 Å². The second-order valence-corrected chi connectivity index (χ2v) is 13.5. The molecule has 0 N–H and O–H groups in total. The second kappa shape index (κ2) is 13.2. The van der Waals surface area contributed by atoms with Gasteiger partial charge in [0, 0.05) is 33.5 Å². The van der Waals surface area contributed by atoms with E-state index in [1.165, 1.54) is 72.0 Å². The molecule has 9 aromatic rings. The molecule has 0 radical (unpaired) electrons. The molecule has 9 rings (SSSR count). The van der Waals surface area contributed by atoms with Gasteiger partial charge in [-0.15, -0.1) is 0 Å². The Balaban J connectivity index is 1.02. The average Bonchev–Trinajstić information content (AvgIpc) is 3.55. The van der Waals surface area contributed by atoms with Gasteiger partial charge in [0.15, 0.2) is 0 Å². The average molecular weight is 667 g/mol. The summed E-state index contributed by atoms with van der Waals surface area (Å²) in [5.41, 5.74) is 17.0. The fourth-order valence-corrected chi connectivity index (χ4v) is 7.68. The second-order valence-electron chi connectivity index (χ2n) is 13.5. The third kappa shape index (κ3) is 5.55. The largest absolute Gasteiger partial charge is 0.311 e. The van der Waals surface area contributed by atoms with Gasteiger partial charge < -0.3 is 9.47 Å². The van der Waals surface area contributed by atoms with E-state index in [9.17, 15) is 0 Å². The zero-order valence-electron chi connectivity index (χ0n) is 29.4. The van der Waals surface area contributed by atoms with Crippen molar-refractivity contribution in [2.24, 2.45) is 0 Å². The molecule has 0 aliphatic rings. The lowest BCUT2D eigenvalue weighted by atomic mass is 9.90. The van der Waals surface area contributed by atoms with E-state index in [0.29, 0.717) is 0 Å². The summed E-state index contributed by atoms with van der Waals surface area (Å²) < 4.78 is 2.37. The minimum Gasteiger partial charge on any atom is -0.311 e. The van der Waals surface area contributed by atoms with Gasteiger partial charge in [-0.2, -0.15) is 0 Å². The van der Waals surface area contributed by atoms with E-state index in [2.05, 4.69) is 217 Å². The number of benzene rings is 8. The van der Waals surface area contributed by atoms with Crippen molar-refractivity contribution in [3.63, 3.8) is 0 Å². The summed E-state index contributed by atoms with van der Waals surface area (Å²) in [6.07, 6.45) is 0. The maximum atomic E-state index is 2.37. The Hall–Kier alpha value is -6.64. The summed E-state index contributed by atoms with van der Waals surface area (Å²) >= 11 is 0. The normalized spacial score (nSPS) is 11.3. The third-order valence-corrected chi connectivity index (χ3v) is 10.5. The Morgan fingerprint density at radius 3 is 1.23 bits per heavy atom. The number of para-hydroxylation sites is 3. The Morgan fingerprint density at radius 2 is 0.712 bits per heavy atom. The lowest BCUT2D eigenvalue weighted by Gasteiger charge is -2.26. The van der Waals surface area contributed by atoms with Crippen molar-refractivity contribution in [3.05, 3.63) is 205 Å². The number of anilines is 3. The Labute approximate surface area is 305 Å². The molecule has 52 heavy (non-hydrogen) atoms. The van der Waals surface area contributed by atoms with Gasteiger partial charge >= 0.3 is 0 Å². The van der Waals surface area contributed by atoms with Crippen LogP contribution in [0.1, 0.15) is 11.1 Å². The van der Waals surface area contributed by atoms with Gasteiger partial charge in [0.1, 0.15) is 0 Å². The zero-order chi connectivity index (χ0) is 35.0. The molecule has 248 valence electrons. The molecule has 2 nitrogen and oxygen atoms in total. The fourth-order valence-electron chi connectivity index (χ4n) is 7.68. The molecule has 0 spiro atoms. The molecule has 8 aromatic carbocycles. The summed E-state index contributed by atoms with van der Waals surface area (Å²) in [7, 11) is 0. The molecule has 0 fully saturated rings. The van der Waals surface area contributed by atoms with E-state index < -0.39 is 0 Å². The molecule has 0 amide bonds. The molecular formula is C50H38N2. The highest BCUT2D eigenvalue weighted by atomic mass is 15.1. The van der Waals surface area contributed by atoms with E-state index in [-0.39, 0.29) is 0 Å². The van der Waals surface area contributed by atoms with Gasteiger partial charge in [-0.1, -0.05) is 133 Å². The van der Waals surface area contributed by atoms with E-state index in [0.717, 1.165) is 17.1 Å². The van der Waals surface area contributed by atoms with E-state index in [4.69, 9.17) is 0 Å². The van der Waals surface area contributed by atoms with Crippen LogP contribution in [-0.2, 0) is 0 Å². The molecule has 0 unspecified atom stereocenters. The first kappa shape index (κ1) is 31.3. The number of nitrogens with zero attached hydrogens (tertiary/aromatic N) is 2. The molecule has 0 aliphatic heterocycles. The minimum absolute atomic E-state index is 1.12. The standard InChI is InChI=1S/C50H38N2/c1-35-36(2)46(40-25-31-44(32-26-40)52-49-19-11-9-17-47(49)48-18-10-12-20-50(48)52)34-33-45(35)39-23-29-43(30-24-39)51(41-15-7-4-8-16-41)42-27-21-38(22-28-42)37-13-5-3-6-14-37/h3-34H,1-2H3. The molecule has 0 aliphatic carbocycles. The van der Waals surface area contributed by atoms with Gasteiger partial charge in [-0.3, -0.25) is 0 Å². The predicted octanol–water partition coefficient (Wildman–Crippen LogP) is 13.9. The van der Waals surface area contributed by atoms with Crippen molar-refractivity contribution < 1.29 is 0 Å². The first-order valence-electron chi connectivity index (χ1n) is 17.9. The van der Waals surface area contributed by atoms with Crippen LogP contribution >= 0.6 is 0 Å². The summed E-state index contributed by atoms with van der Waals surface area (Å²) in [6.45, 7) is 4.50. The number of hydrogen-bond acceptors (Lipinski definition) is 1. The highest BCUT2D eigenvalue weighted by molar-refractivity contribution is 6.09. The fraction of sp³-hybridized carbons (Fsp3) is 0.0400. The summed E-state index contributed by atoms with van der Waals surface area (Å²) in [6, 6.07) is 69.9. The van der Waals surface area contributed by atoms with Crippen LogP contribution in [0.15, 0.2) is 194 Å². The van der Waals surface area contributed by atoms with Gasteiger partial charge in [0.05, 0.1) is 11.0 Å². The highest BCUT2D eigenvalue weighted by Gasteiger charge is 2.16.